The fourth-order valence-electron chi connectivity index (χ4n) is 2.15. The molecule has 0 bridgehead atoms. The molecule has 0 saturated heterocycles. The van der Waals surface area contributed by atoms with Crippen molar-refractivity contribution < 1.29 is 9.18 Å². The Hall–Kier alpha value is -1.42. The predicted molar refractivity (Wildman–Crippen MR) is 79.7 cm³/mol. The van der Waals surface area contributed by atoms with Gasteiger partial charge in [0.25, 0.3) is 0 Å². The summed E-state index contributed by atoms with van der Waals surface area (Å²) in [6, 6.07) is 6.33. The second-order valence-corrected chi connectivity index (χ2v) is 6.36. The average Bonchev–Trinajstić information content (AvgIpc) is 2.37. The second kappa shape index (κ2) is 7.39. The lowest BCUT2D eigenvalue weighted by molar-refractivity contribution is -0.125. The minimum atomic E-state index is -0.244. The van der Waals surface area contributed by atoms with Crippen LogP contribution in [-0.2, 0) is 11.2 Å². The van der Waals surface area contributed by atoms with E-state index in [2.05, 4.69) is 26.1 Å². The van der Waals surface area contributed by atoms with Gasteiger partial charge in [-0.2, -0.15) is 0 Å². The van der Waals surface area contributed by atoms with Crippen LogP contribution in [0.2, 0.25) is 0 Å². The van der Waals surface area contributed by atoms with E-state index in [1.807, 2.05) is 0 Å². The van der Waals surface area contributed by atoms with E-state index in [1.54, 1.807) is 12.1 Å². The monoisotopic (exact) mass is 280 g/mol. The van der Waals surface area contributed by atoms with Gasteiger partial charge in [0.2, 0.25) is 5.91 Å². The van der Waals surface area contributed by atoms with E-state index >= 15 is 0 Å². The van der Waals surface area contributed by atoms with Gasteiger partial charge < -0.3 is 11.1 Å². The normalized spacial score (nSPS) is 13.1. The molecule has 0 aliphatic rings. The number of rotatable bonds is 6. The third-order valence-corrected chi connectivity index (χ3v) is 3.14. The van der Waals surface area contributed by atoms with Crippen LogP contribution < -0.4 is 11.1 Å². The first-order valence-corrected chi connectivity index (χ1v) is 7.04. The summed E-state index contributed by atoms with van der Waals surface area (Å²) in [7, 11) is 0. The van der Waals surface area contributed by atoms with Crippen molar-refractivity contribution in [1.29, 1.82) is 0 Å². The smallest absolute Gasteiger partial charge is 0.224 e. The number of amides is 1. The van der Waals surface area contributed by atoms with Gasteiger partial charge in [0.1, 0.15) is 5.82 Å². The number of hydrogen-bond donors (Lipinski definition) is 2. The summed E-state index contributed by atoms with van der Waals surface area (Å²) in [6.45, 7) is 7.20. The van der Waals surface area contributed by atoms with Gasteiger partial charge in [-0.3, -0.25) is 4.79 Å². The number of carbonyl (C=O) groups is 1. The maximum atomic E-state index is 12.8. The highest BCUT2D eigenvalue weighted by Gasteiger charge is 2.23. The van der Waals surface area contributed by atoms with Crippen LogP contribution in [0, 0.1) is 17.2 Å². The molecule has 3 nitrogen and oxygen atoms in total. The van der Waals surface area contributed by atoms with Gasteiger partial charge in [-0.25, -0.2) is 4.39 Å². The molecule has 0 spiro atoms. The lowest BCUT2D eigenvalue weighted by Crippen LogP contribution is -2.38. The van der Waals surface area contributed by atoms with Gasteiger partial charge in [0.05, 0.1) is 5.92 Å². The highest BCUT2D eigenvalue weighted by atomic mass is 19.1. The number of nitrogens with two attached hydrogens (primary N) is 1. The van der Waals surface area contributed by atoms with Crippen LogP contribution in [0.1, 0.15) is 32.8 Å². The predicted octanol–water partition coefficient (Wildman–Crippen LogP) is 2.50. The molecule has 0 aromatic heterocycles. The van der Waals surface area contributed by atoms with E-state index in [0.29, 0.717) is 19.5 Å². The van der Waals surface area contributed by atoms with E-state index in [9.17, 15) is 9.18 Å². The SMILES string of the molecule is CC(C)(C)CC(CN)C(=O)NCCc1ccc(F)cc1. The van der Waals surface area contributed by atoms with Crippen LogP contribution in [0.25, 0.3) is 0 Å². The van der Waals surface area contributed by atoms with Crippen LogP contribution in [-0.4, -0.2) is 19.0 Å². The Bertz CT molecular complexity index is 423. The van der Waals surface area contributed by atoms with Crippen LogP contribution >= 0.6 is 0 Å². The zero-order valence-electron chi connectivity index (χ0n) is 12.6. The molecule has 0 saturated carbocycles. The van der Waals surface area contributed by atoms with E-state index in [0.717, 1.165) is 12.0 Å². The molecular weight excluding hydrogens is 255 g/mol. The summed E-state index contributed by atoms with van der Waals surface area (Å²) in [5.41, 5.74) is 6.77. The number of hydrogen-bond acceptors (Lipinski definition) is 2. The fraction of sp³-hybridized carbons (Fsp3) is 0.562. The molecule has 20 heavy (non-hydrogen) atoms. The Labute approximate surface area is 120 Å². The van der Waals surface area contributed by atoms with Gasteiger partial charge in [-0.1, -0.05) is 32.9 Å². The number of nitrogens with one attached hydrogen (secondary N) is 1. The molecule has 1 unspecified atom stereocenters. The van der Waals surface area contributed by atoms with Crippen molar-refractivity contribution in [3.8, 4) is 0 Å². The summed E-state index contributed by atoms with van der Waals surface area (Å²) >= 11 is 0. The third-order valence-electron chi connectivity index (χ3n) is 3.14. The zero-order chi connectivity index (χ0) is 15.2. The highest BCUT2D eigenvalue weighted by molar-refractivity contribution is 5.78. The van der Waals surface area contributed by atoms with Crippen molar-refractivity contribution in [3.05, 3.63) is 35.6 Å². The molecule has 0 radical (unpaired) electrons. The lowest BCUT2D eigenvalue weighted by Gasteiger charge is -2.24. The van der Waals surface area contributed by atoms with Crippen LogP contribution in [0.4, 0.5) is 4.39 Å². The number of halogens is 1. The summed E-state index contributed by atoms with van der Waals surface area (Å²) < 4.78 is 12.8. The first-order chi connectivity index (χ1) is 9.31. The molecule has 112 valence electrons. The van der Waals surface area contributed by atoms with Gasteiger partial charge in [0, 0.05) is 13.1 Å². The van der Waals surface area contributed by atoms with Crippen molar-refractivity contribution in [2.24, 2.45) is 17.1 Å². The zero-order valence-corrected chi connectivity index (χ0v) is 12.6. The van der Waals surface area contributed by atoms with Crippen molar-refractivity contribution in [2.45, 2.75) is 33.6 Å². The van der Waals surface area contributed by atoms with Crippen LogP contribution in [0.5, 0.6) is 0 Å². The van der Waals surface area contributed by atoms with E-state index in [-0.39, 0.29) is 23.1 Å². The third kappa shape index (κ3) is 6.15. The molecule has 3 N–H and O–H groups in total. The minimum absolute atomic E-state index is 0.00420. The Morgan fingerprint density at radius 3 is 2.40 bits per heavy atom. The molecule has 0 fully saturated rings. The maximum absolute atomic E-state index is 12.8. The molecule has 1 amide bonds. The molecule has 1 aromatic carbocycles. The van der Waals surface area contributed by atoms with Crippen molar-refractivity contribution in [2.75, 3.05) is 13.1 Å². The Kier molecular flexibility index (Phi) is 6.14. The summed E-state index contributed by atoms with van der Waals surface area (Å²) in [6.07, 6.45) is 1.46. The van der Waals surface area contributed by atoms with E-state index < -0.39 is 0 Å². The summed E-state index contributed by atoms with van der Waals surface area (Å²) in [5.74, 6) is -0.390. The molecule has 0 heterocycles. The highest BCUT2D eigenvalue weighted by Crippen LogP contribution is 2.23. The van der Waals surface area contributed by atoms with E-state index in [4.69, 9.17) is 5.73 Å². The van der Waals surface area contributed by atoms with Gasteiger partial charge >= 0.3 is 0 Å². The average molecular weight is 280 g/mol. The van der Waals surface area contributed by atoms with Gasteiger partial charge in [-0.15, -0.1) is 0 Å². The standard InChI is InChI=1S/C16H25FN2O/c1-16(2,3)10-13(11-18)15(20)19-9-8-12-4-6-14(17)7-5-12/h4-7,13H,8-11,18H2,1-3H3,(H,19,20). The largest absolute Gasteiger partial charge is 0.355 e. The van der Waals surface area contributed by atoms with Crippen molar-refractivity contribution >= 4 is 5.91 Å². The Morgan fingerprint density at radius 2 is 1.90 bits per heavy atom. The molecule has 1 aromatic rings. The summed E-state index contributed by atoms with van der Waals surface area (Å²) in [5, 5.41) is 2.91. The first kappa shape index (κ1) is 16.6. The molecule has 1 rings (SSSR count). The fourth-order valence-corrected chi connectivity index (χ4v) is 2.15. The van der Waals surface area contributed by atoms with Gasteiger partial charge in [0.15, 0.2) is 0 Å². The minimum Gasteiger partial charge on any atom is -0.355 e. The molecule has 4 heteroatoms. The van der Waals surface area contributed by atoms with Crippen molar-refractivity contribution in [3.63, 3.8) is 0 Å². The number of benzene rings is 1. The van der Waals surface area contributed by atoms with Crippen LogP contribution in [0.3, 0.4) is 0 Å². The Balaban J connectivity index is 2.40. The molecule has 1 atom stereocenters. The summed E-state index contributed by atoms with van der Waals surface area (Å²) in [4.78, 5) is 12.0. The maximum Gasteiger partial charge on any atom is 0.224 e. The van der Waals surface area contributed by atoms with Gasteiger partial charge in [-0.05, 0) is 36.0 Å². The van der Waals surface area contributed by atoms with Crippen LogP contribution in [0.15, 0.2) is 24.3 Å². The van der Waals surface area contributed by atoms with E-state index in [1.165, 1.54) is 12.1 Å². The lowest BCUT2D eigenvalue weighted by atomic mass is 9.84. The molecular formula is C16H25FN2O. The Morgan fingerprint density at radius 1 is 1.30 bits per heavy atom. The molecule has 0 aliphatic heterocycles. The molecule has 0 aliphatic carbocycles. The topological polar surface area (TPSA) is 55.1 Å². The second-order valence-electron chi connectivity index (χ2n) is 6.36. The van der Waals surface area contributed by atoms with Crippen molar-refractivity contribution in [1.82, 2.24) is 5.32 Å². The number of carbonyl (C=O) groups excluding carboxylic acids is 1. The first-order valence-electron chi connectivity index (χ1n) is 7.04. The quantitative estimate of drug-likeness (QED) is 0.841.